The molecule has 0 spiro atoms. The lowest BCUT2D eigenvalue weighted by atomic mass is 10.0. The fraction of sp³-hybridized carbons (Fsp3) is 0.889. The zero-order valence-electron chi connectivity index (χ0n) is 9.22. The third-order valence-corrected chi connectivity index (χ3v) is 5.26. The first-order valence-electron chi connectivity index (χ1n) is 5.23. The maximum absolute atomic E-state index is 11.3. The second kappa shape index (κ2) is 3.68. The standard InChI is InChI=1S/C9H16N2O4S/c1-10-2-4-11(5-3-10)9(8(12)13)6-16(14,15)7-9/h2-7H2,1H3,(H,12,13). The number of hydrogen-bond donors (Lipinski definition) is 1. The number of hydrogen-bond acceptors (Lipinski definition) is 5. The molecule has 0 aromatic carbocycles. The van der Waals surface area contributed by atoms with Crippen LogP contribution < -0.4 is 0 Å². The van der Waals surface area contributed by atoms with E-state index in [0.717, 1.165) is 13.1 Å². The Kier molecular flexibility index (Phi) is 2.72. The first-order chi connectivity index (χ1) is 7.36. The van der Waals surface area contributed by atoms with Crippen LogP contribution >= 0.6 is 0 Å². The van der Waals surface area contributed by atoms with Crippen molar-refractivity contribution >= 4 is 15.8 Å². The zero-order valence-corrected chi connectivity index (χ0v) is 10.0. The largest absolute Gasteiger partial charge is 0.480 e. The summed E-state index contributed by atoms with van der Waals surface area (Å²) in [6.07, 6.45) is 0. The van der Waals surface area contributed by atoms with Gasteiger partial charge in [-0.15, -0.1) is 0 Å². The van der Waals surface area contributed by atoms with Crippen LogP contribution in [0.5, 0.6) is 0 Å². The molecule has 7 heteroatoms. The molecule has 16 heavy (non-hydrogen) atoms. The van der Waals surface area contributed by atoms with E-state index < -0.39 is 21.3 Å². The molecular weight excluding hydrogens is 232 g/mol. The zero-order chi connectivity index (χ0) is 12.0. The third-order valence-electron chi connectivity index (χ3n) is 3.42. The Balaban J connectivity index is 2.13. The van der Waals surface area contributed by atoms with Crippen molar-refractivity contribution in [2.24, 2.45) is 0 Å². The minimum atomic E-state index is -3.13. The van der Waals surface area contributed by atoms with Crippen LogP contribution in [0.4, 0.5) is 0 Å². The number of aliphatic carboxylic acids is 1. The molecule has 0 atom stereocenters. The molecule has 0 unspecified atom stereocenters. The van der Waals surface area contributed by atoms with Crippen LogP contribution in [0.2, 0.25) is 0 Å². The van der Waals surface area contributed by atoms with Gasteiger partial charge in [0.2, 0.25) is 0 Å². The summed E-state index contributed by atoms with van der Waals surface area (Å²) in [7, 11) is -1.16. The molecule has 2 fully saturated rings. The molecule has 0 aliphatic carbocycles. The highest BCUT2D eigenvalue weighted by Gasteiger charge is 2.58. The van der Waals surface area contributed by atoms with Crippen LogP contribution in [-0.2, 0) is 14.6 Å². The molecule has 2 aliphatic heterocycles. The average Bonchev–Trinajstić information content (AvgIpc) is 2.14. The van der Waals surface area contributed by atoms with Crippen molar-refractivity contribution in [3.05, 3.63) is 0 Å². The first-order valence-corrected chi connectivity index (χ1v) is 7.05. The average molecular weight is 248 g/mol. The predicted octanol–water partition coefficient (Wildman–Crippen LogP) is -1.51. The number of carbonyl (C=O) groups is 1. The summed E-state index contributed by atoms with van der Waals surface area (Å²) >= 11 is 0. The number of rotatable bonds is 2. The van der Waals surface area contributed by atoms with Gasteiger partial charge in [0.25, 0.3) is 0 Å². The Labute approximate surface area is 94.7 Å². The molecule has 92 valence electrons. The molecular formula is C9H16N2O4S. The van der Waals surface area contributed by atoms with Crippen molar-refractivity contribution in [2.75, 3.05) is 44.7 Å². The molecule has 6 nitrogen and oxygen atoms in total. The predicted molar refractivity (Wildman–Crippen MR) is 58.1 cm³/mol. The Morgan fingerprint density at radius 1 is 1.19 bits per heavy atom. The summed E-state index contributed by atoms with van der Waals surface area (Å²) in [6.45, 7) is 2.82. The molecule has 0 aromatic rings. The van der Waals surface area contributed by atoms with Crippen molar-refractivity contribution in [3.63, 3.8) is 0 Å². The number of sulfone groups is 1. The highest BCUT2D eigenvalue weighted by molar-refractivity contribution is 7.93. The van der Waals surface area contributed by atoms with E-state index in [4.69, 9.17) is 0 Å². The monoisotopic (exact) mass is 248 g/mol. The van der Waals surface area contributed by atoms with Crippen molar-refractivity contribution in [2.45, 2.75) is 5.54 Å². The van der Waals surface area contributed by atoms with E-state index in [1.165, 1.54) is 0 Å². The number of likely N-dealkylation sites (N-methyl/N-ethyl adjacent to an activating group) is 1. The van der Waals surface area contributed by atoms with Crippen LogP contribution in [-0.4, -0.2) is 79.6 Å². The quantitative estimate of drug-likeness (QED) is 0.640. The smallest absolute Gasteiger partial charge is 0.326 e. The molecule has 0 radical (unpaired) electrons. The molecule has 0 amide bonds. The van der Waals surface area contributed by atoms with E-state index in [1.54, 1.807) is 4.90 Å². The topological polar surface area (TPSA) is 77.9 Å². The number of piperazine rings is 1. The molecule has 2 saturated heterocycles. The lowest BCUT2D eigenvalue weighted by Gasteiger charge is -2.48. The Morgan fingerprint density at radius 3 is 2.06 bits per heavy atom. The van der Waals surface area contributed by atoms with Crippen molar-refractivity contribution in [1.82, 2.24) is 9.80 Å². The number of carboxylic acid groups (broad SMARTS) is 1. The van der Waals surface area contributed by atoms with Gasteiger partial charge in [0.05, 0.1) is 11.5 Å². The third kappa shape index (κ3) is 1.83. The molecule has 1 N–H and O–H groups in total. The maximum Gasteiger partial charge on any atom is 0.326 e. The minimum absolute atomic E-state index is 0.237. The van der Waals surface area contributed by atoms with E-state index >= 15 is 0 Å². The summed E-state index contributed by atoms with van der Waals surface area (Å²) in [6, 6.07) is 0. The van der Waals surface area contributed by atoms with Crippen LogP contribution in [0.3, 0.4) is 0 Å². The van der Waals surface area contributed by atoms with Crippen LogP contribution in [0.1, 0.15) is 0 Å². The number of nitrogens with zero attached hydrogens (tertiary/aromatic N) is 2. The lowest BCUT2D eigenvalue weighted by Crippen LogP contribution is -2.72. The van der Waals surface area contributed by atoms with Gasteiger partial charge in [-0.2, -0.15) is 0 Å². The summed E-state index contributed by atoms with van der Waals surface area (Å²) in [5, 5.41) is 9.21. The van der Waals surface area contributed by atoms with E-state index in [9.17, 15) is 18.3 Å². The first kappa shape index (κ1) is 11.8. The van der Waals surface area contributed by atoms with Gasteiger partial charge < -0.3 is 10.0 Å². The van der Waals surface area contributed by atoms with Gasteiger partial charge in [-0.1, -0.05) is 0 Å². The summed E-state index contributed by atoms with van der Waals surface area (Å²) in [5.74, 6) is -1.48. The molecule has 2 heterocycles. The summed E-state index contributed by atoms with van der Waals surface area (Å²) in [5.41, 5.74) is -1.15. The normalized spacial score (nSPS) is 29.6. The van der Waals surface area contributed by atoms with E-state index in [0.29, 0.717) is 13.1 Å². The fourth-order valence-corrected chi connectivity index (χ4v) is 4.34. The number of carboxylic acids is 1. The molecule has 2 aliphatic rings. The van der Waals surface area contributed by atoms with Crippen molar-refractivity contribution < 1.29 is 18.3 Å². The van der Waals surface area contributed by atoms with Gasteiger partial charge in [-0.25, -0.2) is 8.42 Å². The molecule has 2 rings (SSSR count). The van der Waals surface area contributed by atoms with Crippen LogP contribution in [0, 0.1) is 0 Å². The Hall–Kier alpha value is -0.660. The second-order valence-electron chi connectivity index (χ2n) is 4.66. The summed E-state index contributed by atoms with van der Waals surface area (Å²) < 4.78 is 22.4. The van der Waals surface area contributed by atoms with Crippen LogP contribution in [0.15, 0.2) is 0 Å². The fourth-order valence-electron chi connectivity index (χ4n) is 2.36. The second-order valence-corrected chi connectivity index (χ2v) is 6.72. The molecule has 0 aromatic heterocycles. The van der Waals surface area contributed by atoms with E-state index in [1.807, 2.05) is 7.05 Å². The molecule has 0 bridgehead atoms. The highest BCUT2D eigenvalue weighted by atomic mass is 32.2. The Morgan fingerprint density at radius 2 is 1.69 bits per heavy atom. The Bertz CT molecular complexity index is 386. The van der Waals surface area contributed by atoms with Gasteiger partial charge in [-0.05, 0) is 7.05 Å². The SMILES string of the molecule is CN1CCN(C2(C(=O)O)CS(=O)(=O)C2)CC1. The van der Waals surface area contributed by atoms with E-state index in [-0.39, 0.29) is 11.5 Å². The summed E-state index contributed by atoms with van der Waals surface area (Å²) in [4.78, 5) is 15.2. The van der Waals surface area contributed by atoms with Crippen LogP contribution in [0.25, 0.3) is 0 Å². The van der Waals surface area contributed by atoms with E-state index in [2.05, 4.69) is 4.90 Å². The highest BCUT2D eigenvalue weighted by Crippen LogP contribution is 2.31. The van der Waals surface area contributed by atoms with Gasteiger partial charge in [0.15, 0.2) is 9.84 Å². The lowest BCUT2D eigenvalue weighted by molar-refractivity contribution is -0.150. The maximum atomic E-state index is 11.3. The van der Waals surface area contributed by atoms with Gasteiger partial charge in [0.1, 0.15) is 5.54 Å². The van der Waals surface area contributed by atoms with Crippen molar-refractivity contribution in [1.29, 1.82) is 0 Å². The molecule has 0 saturated carbocycles. The van der Waals surface area contributed by atoms with Gasteiger partial charge >= 0.3 is 5.97 Å². The van der Waals surface area contributed by atoms with Gasteiger partial charge in [0, 0.05) is 26.2 Å². The van der Waals surface area contributed by atoms with Crippen molar-refractivity contribution in [3.8, 4) is 0 Å². The van der Waals surface area contributed by atoms with Gasteiger partial charge in [-0.3, -0.25) is 9.69 Å². The minimum Gasteiger partial charge on any atom is -0.480 e.